The second-order valence-corrected chi connectivity index (χ2v) is 4.47. The monoisotopic (exact) mass is 181 g/mol. The Morgan fingerprint density at radius 3 is 2.77 bits per heavy atom. The van der Waals surface area contributed by atoms with E-state index < -0.39 is 0 Å². The van der Waals surface area contributed by atoms with E-state index in [0.717, 1.165) is 13.0 Å². The maximum atomic E-state index is 8.63. The Labute approximate surface area is 80.7 Å². The molecule has 1 saturated heterocycles. The molecule has 1 rings (SSSR count). The van der Waals surface area contributed by atoms with Crippen molar-refractivity contribution in [2.45, 2.75) is 45.2 Å². The lowest BCUT2D eigenvalue weighted by atomic mass is 9.90. The van der Waals surface area contributed by atoms with E-state index in [9.17, 15) is 0 Å². The number of piperidine rings is 1. The standard InChI is InChI=1S/C10H19N3/c1-9(2)13-6-4-5-10(3,7-13)12-8-11/h9,12H,4-7H2,1-3H3. The van der Waals surface area contributed by atoms with E-state index in [1.54, 1.807) is 0 Å². The lowest BCUT2D eigenvalue weighted by Gasteiger charge is -2.41. The molecule has 0 amide bonds. The van der Waals surface area contributed by atoms with Gasteiger partial charge in [0.2, 0.25) is 0 Å². The molecule has 0 bridgehead atoms. The minimum Gasteiger partial charge on any atom is -0.317 e. The smallest absolute Gasteiger partial charge is 0.177 e. The van der Waals surface area contributed by atoms with Gasteiger partial charge in [-0.2, -0.15) is 5.26 Å². The Bertz CT molecular complexity index is 207. The van der Waals surface area contributed by atoms with Crippen molar-refractivity contribution in [3.8, 4) is 6.19 Å². The van der Waals surface area contributed by atoms with Crippen LogP contribution in [0.3, 0.4) is 0 Å². The highest BCUT2D eigenvalue weighted by molar-refractivity contribution is 4.95. The predicted molar refractivity (Wildman–Crippen MR) is 53.1 cm³/mol. The summed E-state index contributed by atoms with van der Waals surface area (Å²) in [4.78, 5) is 2.42. The van der Waals surface area contributed by atoms with E-state index in [2.05, 4.69) is 37.2 Å². The number of nitriles is 1. The van der Waals surface area contributed by atoms with Crippen LogP contribution >= 0.6 is 0 Å². The third-order valence-electron chi connectivity index (χ3n) is 2.81. The number of nitrogens with zero attached hydrogens (tertiary/aromatic N) is 2. The molecule has 1 atom stereocenters. The first-order valence-corrected chi connectivity index (χ1v) is 4.98. The molecule has 1 aliphatic rings. The van der Waals surface area contributed by atoms with Gasteiger partial charge in [-0.05, 0) is 40.2 Å². The van der Waals surface area contributed by atoms with E-state index in [0.29, 0.717) is 6.04 Å². The minimum atomic E-state index is -0.00271. The summed E-state index contributed by atoms with van der Waals surface area (Å²) in [5.74, 6) is 0. The molecule has 1 heterocycles. The number of nitrogens with one attached hydrogen (secondary N) is 1. The molecule has 13 heavy (non-hydrogen) atoms. The molecule has 0 aromatic rings. The van der Waals surface area contributed by atoms with Crippen LogP contribution in [0.15, 0.2) is 0 Å². The molecule has 3 heteroatoms. The molecule has 0 saturated carbocycles. The Morgan fingerprint density at radius 2 is 2.23 bits per heavy atom. The maximum Gasteiger partial charge on any atom is 0.177 e. The van der Waals surface area contributed by atoms with Crippen LogP contribution in [0.4, 0.5) is 0 Å². The summed E-state index contributed by atoms with van der Waals surface area (Å²) in [6.07, 6.45) is 4.35. The van der Waals surface area contributed by atoms with Crippen LogP contribution in [-0.4, -0.2) is 29.6 Å². The van der Waals surface area contributed by atoms with Crippen LogP contribution in [0.1, 0.15) is 33.6 Å². The van der Waals surface area contributed by atoms with Gasteiger partial charge in [0.05, 0.1) is 5.54 Å². The normalized spacial score (nSPS) is 30.1. The van der Waals surface area contributed by atoms with E-state index in [1.807, 2.05) is 0 Å². The topological polar surface area (TPSA) is 39.1 Å². The van der Waals surface area contributed by atoms with Gasteiger partial charge in [-0.1, -0.05) is 0 Å². The highest BCUT2D eigenvalue weighted by atomic mass is 15.2. The van der Waals surface area contributed by atoms with Crippen molar-refractivity contribution in [2.24, 2.45) is 0 Å². The van der Waals surface area contributed by atoms with Gasteiger partial charge in [0.25, 0.3) is 0 Å². The number of likely N-dealkylation sites (tertiary alicyclic amines) is 1. The van der Waals surface area contributed by atoms with Crippen molar-refractivity contribution in [3.05, 3.63) is 0 Å². The average molecular weight is 181 g/mol. The molecule has 3 nitrogen and oxygen atoms in total. The van der Waals surface area contributed by atoms with E-state index in [-0.39, 0.29) is 5.54 Å². The van der Waals surface area contributed by atoms with Crippen molar-refractivity contribution >= 4 is 0 Å². The van der Waals surface area contributed by atoms with Crippen LogP contribution in [0, 0.1) is 11.5 Å². The van der Waals surface area contributed by atoms with Crippen LogP contribution < -0.4 is 5.32 Å². The zero-order valence-electron chi connectivity index (χ0n) is 8.80. The van der Waals surface area contributed by atoms with Gasteiger partial charge in [-0.3, -0.25) is 4.90 Å². The first kappa shape index (κ1) is 10.3. The maximum absolute atomic E-state index is 8.63. The first-order valence-electron chi connectivity index (χ1n) is 4.98. The Hall–Kier alpha value is -0.750. The number of rotatable bonds is 2. The summed E-state index contributed by atoms with van der Waals surface area (Å²) < 4.78 is 0. The number of hydrogen-bond donors (Lipinski definition) is 1. The average Bonchev–Trinajstić information content (AvgIpc) is 2.04. The summed E-state index contributed by atoms with van der Waals surface area (Å²) in [6, 6.07) is 0.583. The van der Waals surface area contributed by atoms with Gasteiger partial charge in [-0.25, -0.2) is 0 Å². The van der Waals surface area contributed by atoms with Crippen LogP contribution in [-0.2, 0) is 0 Å². The van der Waals surface area contributed by atoms with Crippen LogP contribution in [0.25, 0.3) is 0 Å². The zero-order valence-corrected chi connectivity index (χ0v) is 8.80. The zero-order chi connectivity index (χ0) is 9.90. The van der Waals surface area contributed by atoms with E-state index in [1.165, 1.54) is 13.0 Å². The van der Waals surface area contributed by atoms with E-state index >= 15 is 0 Å². The molecule has 1 aliphatic heterocycles. The molecule has 0 aromatic heterocycles. The largest absolute Gasteiger partial charge is 0.317 e. The molecule has 0 aromatic carbocycles. The third-order valence-corrected chi connectivity index (χ3v) is 2.81. The van der Waals surface area contributed by atoms with Crippen LogP contribution in [0.5, 0.6) is 0 Å². The fourth-order valence-electron chi connectivity index (χ4n) is 1.96. The fraction of sp³-hybridized carbons (Fsp3) is 0.900. The van der Waals surface area contributed by atoms with Gasteiger partial charge in [0.15, 0.2) is 6.19 Å². The van der Waals surface area contributed by atoms with Gasteiger partial charge < -0.3 is 5.32 Å². The van der Waals surface area contributed by atoms with Crippen LogP contribution in [0.2, 0.25) is 0 Å². The van der Waals surface area contributed by atoms with E-state index in [4.69, 9.17) is 5.26 Å². The lowest BCUT2D eigenvalue weighted by Crippen LogP contribution is -2.55. The molecule has 74 valence electrons. The molecule has 0 aliphatic carbocycles. The Kier molecular flexibility index (Phi) is 3.16. The SMILES string of the molecule is CC(C)N1CCCC(C)(NC#N)C1. The highest BCUT2D eigenvalue weighted by Gasteiger charge is 2.31. The first-order chi connectivity index (χ1) is 6.07. The molecule has 1 N–H and O–H groups in total. The van der Waals surface area contributed by atoms with Crippen molar-refractivity contribution in [1.82, 2.24) is 10.2 Å². The van der Waals surface area contributed by atoms with Gasteiger partial charge >= 0.3 is 0 Å². The van der Waals surface area contributed by atoms with Gasteiger partial charge in [0.1, 0.15) is 0 Å². The Morgan fingerprint density at radius 1 is 1.54 bits per heavy atom. The molecular formula is C10H19N3. The quantitative estimate of drug-likeness (QED) is 0.516. The molecule has 0 radical (unpaired) electrons. The number of hydrogen-bond acceptors (Lipinski definition) is 3. The molecule has 0 spiro atoms. The predicted octanol–water partition coefficient (Wildman–Crippen LogP) is 1.32. The highest BCUT2D eigenvalue weighted by Crippen LogP contribution is 2.21. The summed E-state index contributed by atoms with van der Waals surface area (Å²) in [5.41, 5.74) is -0.00271. The minimum absolute atomic E-state index is 0.00271. The van der Waals surface area contributed by atoms with Crippen molar-refractivity contribution in [3.63, 3.8) is 0 Å². The van der Waals surface area contributed by atoms with Crippen molar-refractivity contribution < 1.29 is 0 Å². The van der Waals surface area contributed by atoms with Gasteiger partial charge in [-0.15, -0.1) is 0 Å². The van der Waals surface area contributed by atoms with Crippen molar-refractivity contribution in [1.29, 1.82) is 5.26 Å². The summed E-state index contributed by atoms with van der Waals surface area (Å²) >= 11 is 0. The third kappa shape index (κ3) is 2.60. The second kappa shape index (κ2) is 3.97. The summed E-state index contributed by atoms with van der Waals surface area (Å²) in [6.45, 7) is 8.69. The summed E-state index contributed by atoms with van der Waals surface area (Å²) in [5, 5.41) is 11.5. The second-order valence-electron chi connectivity index (χ2n) is 4.47. The Balaban J connectivity index is 2.55. The summed E-state index contributed by atoms with van der Waals surface area (Å²) in [7, 11) is 0. The van der Waals surface area contributed by atoms with Gasteiger partial charge in [0, 0.05) is 12.6 Å². The molecule has 1 unspecified atom stereocenters. The van der Waals surface area contributed by atoms with Crippen molar-refractivity contribution in [2.75, 3.05) is 13.1 Å². The fourth-order valence-corrected chi connectivity index (χ4v) is 1.96. The molecule has 1 fully saturated rings. The molecular weight excluding hydrogens is 162 g/mol. The lowest BCUT2D eigenvalue weighted by molar-refractivity contribution is 0.116.